The van der Waals surface area contributed by atoms with Crippen molar-refractivity contribution in [2.75, 3.05) is 25.6 Å². The average Bonchev–Trinajstić information content (AvgIpc) is 3.34. The van der Waals surface area contributed by atoms with E-state index in [0.717, 1.165) is 18.1 Å². The van der Waals surface area contributed by atoms with Gasteiger partial charge in [0.05, 0.1) is 41.8 Å². The number of thioether (sulfide) groups is 1. The second kappa shape index (κ2) is 24.5. The normalized spacial score (nSPS) is 29.7. The SMILES string of the molecule is CC[Si](CC)(CC)OC1CC2OCC2(O)C2C(OC(=O)c3ccccc3)C3(O)CC(OC(=O)C(OCOCSC)C(NC(=O)c4ccccc4)c4ccccc4)C(C)=C(C(O)C(=O)[C@]12C)C3(C)C.[Ac].[Ac]. The molecule has 3 aromatic carbocycles. The molecule has 1 saturated heterocycles. The van der Waals surface area contributed by atoms with Crippen molar-refractivity contribution in [3.63, 3.8) is 0 Å². The van der Waals surface area contributed by atoms with Gasteiger partial charge in [-0.3, -0.25) is 9.59 Å². The molecule has 0 aromatic heterocycles. The van der Waals surface area contributed by atoms with Crippen LogP contribution in [-0.4, -0.2) is 121 Å². The van der Waals surface area contributed by atoms with Crippen molar-refractivity contribution < 1.29 is 151 Å². The Morgan fingerprint density at radius 1 is 0.871 bits per heavy atom. The van der Waals surface area contributed by atoms with E-state index in [1.807, 2.05) is 6.26 Å². The number of ether oxygens (including phenoxy) is 5. The summed E-state index contributed by atoms with van der Waals surface area (Å²) < 4.78 is 38.1. The number of aliphatic hydroxyl groups excluding tert-OH is 1. The van der Waals surface area contributed by atoms with Gasteiger partial charge in [0, 0.05) is 118 Å². The van der Waals surface area contributed by atoms with Gasteiger partial charge < -0.3 is 48.7 Å². The number of esters is 2. The monoisotopic (exact) mass is 1430 g/mol. The van der Waals surface area contributed by atoms with Crippen molar-refractivity contribution in [3.05, 3.63) is 119 Å². The summed E-state index contributed by atoms with van der Waals surface area (Å²) in [6, 6.07) is 26.6. The Morgan fingerprint density at radius 3 is 1.99 bits per heavy atom. The Bertz CT molecular complexity index is 2320. The molecule has 374 valence electrons. The number of fused-ring (bicyclic) bond motifs is 5. The van der Waals surface area contributed by atoms with Gasteiger partial charge in [0.1, 0.15) is 36.3 Å². The van der Waals surface area contributed by atoms with Crippen LogP contribution in [-0.2, 0) is 37.7 Å². The molecule has 14 nitrogen and oxygen atoms in total. The number of amides is 1. The van der Waals surface area contributed by atoms with E-state index in [1.54, 1.807) is 119 Å². The predicted molar refractivity (Wildman–Crippen MR) is 258 cm³/mol. The third kappa shape index (κ3) is 11.1. The molecule has 4 aliphatic rings. The van der Waals surface area contributed by atoms with Crippen LogP contribution in [0, 0.1) is 105 Å². The largest absolute Gasteiger partial charge is 0.456 e. The summed E-state index contributed by atoms with van der Waals surface area (Å²) in [6.45, 7) is 12.2. The zero-order chi connectivity index (χ0) is 49.2. The first-order valence-corrected chi connectivity index (χ1v) is 27.5. The molecular formula is C52H67Ac2NO13SSi. The zero-order valence-corrected chi connectivity index (χ0v) is 52.7. The van der Waals surface area contributed by atoms with Crippen molar-refractivity contribution >= 4 is 43.7 Å². The van der Waals surface area contributed by atoms with Crippen LogP contribution in [0.15, 0.2) is 102 Å². The maximum absolute atomic E-state index is 15.7. The molecule has 2 saturated carbocycles. The molecule has 2 radical (unpaired) electrons. The number of Topliss-reactive ketones (excluding diaryl/α,β-unsaturated/α-hetero) is 1. The van der Waals surface area contributed by atoms with Crippen LogP contribution < -0.4 is 5.32 Å². The first kappa shape index (κ1) is 59.5. The summed E-state index contributed by atoms with van der Waals surface area (Å²) in [4.78, 5) is 59.1. The molecule has 1 heterocycles. The third-order valence-corrected chi connectivity index (χ3v) is 20.8. The molecule has 3 fully saturated rings. The van der Waals surface area contributed by atoms with Gasteiger partial charge in [-0.05, 0) is 79.2 Å². The number of aliphatic hydroxyl groups is 3. The van der Waals surface area contributed by atoms with Gasteiger partial charge in [-0.15, -0.1) is 11.8 Å². The van der Waals surface area contributed by atoms with Gasteiger partial charge in [-0.1, -0.05) is 101 Å². The molecule has 2 bridgehead atoms. The Hall–Kier alpha value is -1.35. The van der Waals surface area contributed by atoms with E-state index in [4.69, 9.17) is 28.1 Å². The Morgan fingerprint density at radius 2 is 1.44 bits per heavy atom. The fraction of sp³-hybridized carbons (Fsp3) is 0.538. The third-order valence-electron chi connectivity index (χ3n) is 15.7. The second-order valence-electron chi connectivity index (χ2n) is 19.4. The van der Waals surface area contributed by atoms with E-state index in [-0.39, 0.29) is 125 Å². The van der Waals surface area contributed by atoms with Gasteiger partial charge >= 0.3 is 11.9 Å². The molecule has 7 rings (SSSR count). The first-order valence-electron chi connectivity index (χ1n) is 23.6. The number of benzene rings is 3. The standard InChI is InChI=1S/C52H67NO13SSi.2Ac/c1-9-68(10-2,11-3)66-37-27-38-51(59,29-62-38)43-45(65-47(57)35-25-19-14-20-26-35)52(60)28-36(32(4)39(49(52,5)6)41(54)44(55)50(37,43)7)64-48(58)42(63-30-61-31-67-8)40(33-21-15-12-16-22-33)53-46(56)34-23-17-13-18-24-34;;/h12-26,36-38,40-43,45,54,59-60H,9-11,27-31H2,1-8H3,(H,53,56);;/t36?,37?,38?,40?,41?,42?,43?,45?,50-,51?,52?;;/m1../s1. The van der Waals surface area contributed by atoms with E-state index in [9.17, 15) is 24.9 Å². The number of ketones is 1. The van der Waals surface area contributed by atoms with Crippen LogP contribution in [0.1, 0.15) is 93.6 Å². The summed E-state index contributed by atoms with van der Waals surface area (Å²) in [5.41, 5.74) is -6.01. The summed E-state index contributed by atoms with van der Waals surface area (Å²) in [5.74, 6) is -4.10. The molecule has 1 amide bonds. The van der Waals surface area contributed by atoms with Crippen molar-refractivity contribution in [2.45, 2.75) is 133 Å². The molecule has 11 atom stereocenters. The molecule has 3 aliphatic carbocycles. The fourth-order valence-electron chi connectivity index (χ4n) is 11.4. The summed E-state index contributed by atoms with van der Waals surface area (Å²) in [6.07, 6.45) is -6.67. The number of rotatable bonds is 18. The Kier molecular flexibility index (Phi) is 20.9. The maximum atomic E-state index is 15.7. The van der Waals surface area contributed by atoms with Gasteiger partial charge in [-0.25, -0.2) is 9.59 Å². The predicted octanol–water partition coefficient (Wildman–Crippen LogP) is 6.94. The van der Waals surface area contributed by atoms with Crippen LogP contribution >= 0.6 is 11.8 Å². The molecular weight excluding hydrogens is 1360 g/mol. The number of hydrogen-bond acceptors (Lipinski definition) is 14. The minimum absolute atomic E-state index is 0. The van der Waals surface area contributed by atoms with Crippen molar-refractivity contribution in [3.8, 4) is 0 Å². The van der Waals surface area contributed by atoms with Gasteiger partial charge in [-0.2, -0.15) is 0 Å². The van der Waals surface area contributed by atoms with E-state index in [1.165, 1.54) is 11.8 Å². The quantitative estimate of drug-likeness (QED) is 0.0336. The van der Waals surface area contributed by atoms with Crippen LogP contribution in [0.3, 0.4) is 0 Å². The van der Waals surface area contributed by atoms with Gasteiger partial charge in [0.2, 0.25) is 0 Å². The topological polar surface area (TPSA) is 196 Å². The van der Waals surface area contributed by atoms with Crippen LogP contribution in [0.4, 0.5) is 0 Å². The van der Waals surface area contributed by atoms with E-state index in [2.05, 4.69) is 26.1 Å². The number of carbonyl (C=O) groups excluding carboxylic acids is 4. The number of nitrogens with one attached hydrogen (secondary N) is 1. The number of carbonyl (C=O) groups is 4. The minimum atomic E-state index is -2.53. The van der Waals surface area contributed by atoms with E-state index >= 15 is 9.59 Å². The van der Waals surface area contributed by atoms with Crippen molar-refractivity contribution in [1.82, 2.24) is 5.32 Å². The molecule has 70 heavy (non-hydrogen) atoms. The smallest absolute Gasteiger partial charge is 0.338 e. The van der Waals surface area contributed by atoms with Crippen LogP contribution in [0.5, 0.6) is 0 Å². The fourth-order valence-corrected chi connectivity index (χ4v) is 14.6. The second-order valence-corrected chi connectivity index (χ2v) is 25.0. The van der Waals surface area contributed by atoms with Crippen molar-refractivity contribution in [2.24, 2.45) is 16.7 Å². The minimum Gasteiger partial charge on any atom is -0.456 e. The van der Waals surface area contributed by atoms with Gasteiger partial charge in [0.25, 0.3) is 5.91 Å². The molecule has 1 aliphatic heterocycles. The van der Waals surface area contributed by atoms with E-state index in [0.29, 0.717) is 16.7 Å². The van der Waals surface area contributed by atoms with Gasteiger partial charge in [0.15, 0.2) is 20.2 Å². The van der Waals surface area contributed by atoms with Crippen molar-refractivity contribution in [1.29, 1.82) is 0 Å². The first-order chi connectivity index (χ1) is 32.4. The zero-order valence-electron chi connectivity index (χ0n) is 41.4. The van der Waals surface area contributed by atoms with Crippen LogP contribution in [0.2, 0.25) is 18.1 Å². The summed E-state index contributed by atoms with van der Waals surface area (Å²) in [5, 5.41) is 42.6. The number of hydrogen-bond donors (Lipinski definition) is 4. The average molecular weight is 1430 g/mol. The van der Waals surface area contributed by atoms with Crippen LogP contribution in [0.25, 0.3) is 0 Å². The van der Waals surface area contributed by atoms with E-state index < -0.39 is 109 Å². The Labute approximate surface area is 488 Å². The molecule has 18 heteroatoms. The Balaban J connectivity index is 0.00000456. The summed E-state index contributed by atoms with van der Waals surface area (Å²) >= 11 is 1.40. The molecule has 3 aromatic rings. The molecule has 4 N–H and O–H groups in total. The molecule has 0 spiro atoms. The maximum Gasteiger partial charge on any atom is 0.338 e. The summed E-state index contributed by atoms with van der Waals surface area (Å²) in [7, 11) is -2.53. The molecule has 10 unspecified atom stereocenters.